The molecular weight excluding hydrogens is 385 g/mol. The number of pyridine rings is 2. The van der Waals surface area contributed by atoms with Crippen molar-refractivity contribution in [2.75, 3.05) is 18.0 Å². The number of aromatic nitrogens is 2. The minimum absolute atomic E-state index is 0.193. The van der Waals surface area contributed by atoms with Crippen LogP contribution in [0.25, 0.3) is 0 Å². The van der Waals surface area contributed by atoms with Gasteiger partial charge >= 0.3 is 6.03 Å². The number of rotatable bonds is 6. The molecule has 1 aliphatic rings. The van der Waals surface area contributed by atoms with Gasteiger partial charge in [0.1, 0.15) is 11.6 Å². The number of anilines is 1. The summed E-state index contributed by atoms with van der Waals surface area (Å²) in [5, 5.41) is 2.85. The van der Waals surface area contributed by atoms with E-state index < -0.39 is 0 Å². The number of carbonyl (C=O) groups excluding carboxylic acids is 2. The maximum absolute atomic E-state index is 13.1. The molecule has 1 fully saturated rings. The van der Waals surface area contributed by atoms with Crippen molar-refractivity contribution in [1.82, 2.24) is 20.2 Å². The second-order valence-corrected chi connectivity index (χ2v) is 6.92. The lowest BCUT2D eigenvalue weighted by molar-refractivity contribution is 0.0950. The molecule has 30 heavy (non-hydrogen) atoms. The predicted molar refractivity (Wildman–Crippen MR) is 109 cm³/mol. The van der Waals surface area contributed by atoms with Crippen molar-refractivity contribution >= 4 is 17.8 Å². The second-order valence-electron chi connectivity index (χ2n) is 6.92. The molecule has 0 unspecified atom stereocenters. The summed E-state index contributed by atoms with van der Waals surface area (Å²) in [6.45, 7) is 1.76. The molecule has 1 aromatic carbocycles. The molecule has 1 aliphatic heterocycles. The highest BCUT2D eigenvalue weighted by Gasteiger charge is 2.30. The third-order valence-electron chi connectivity index (χ3n) is 4.87. The number of halogens is 1. The number of hydrogen-bond acceptors (Lipinski definition) is 4. The van der Waals surface area contributed by atoms with Crippen molar-refractivity contribution in [2.24, 2.45) is 0 Å². The summed E-state index contributed by atoms with van der Waals surface area (Å²) in [5.74, 6) is -0.125. The molecule has 152 valence electrons. The summed E-state index contributed by atoms with van der Waals surface area (Å²) in [4.78, 5) is 36.7. The molecule has 4 rings (SSSR count). The van der Waals surface area contributed by atoms with Crippen LogP contribution in [0.2, 0.25) is 0 Å². The average molecular weight is 405 g/mol. The monoisotopic (exact) mass is 405 g/mol. The highest BCUT2D eigenvalue weighted by molar-refractivity contribution is 5.97. The van der Waals surface area contributed by atoms with Crippen LogP contribution in [0.1, 0.15) is 21.5 Å². The van der Waals surface area contributed by atoms with E-state index in [0.717, 1.165) is 11.1 Å². The molecule has 0 saturated carbocycles. The van der Waals surface area contributed by atoms with E-state index in [1.54, 1.807) is 46.5 Å². The van der Waals surface area contributed by atoms with Crippen LogP contribution in [-0.2, 0) is 13.1 Å². The number of nitrogens with zero attached hydrogens (tertiary/aromatic N) is 4. The van der Waals surface area contributed by atoms with Gasteiger partial charge in [-0.15, -0.1) is 0 Å². The van der Waals surface area contributed by atoms with E-state index in [1.807, 2.05) is 12.1 Å². The van der Waals surface area contributed by atoms with Crippen LogP contribution in [-0.4, -0.2) is 39.9 Å². The van der Waals surface area contributed by atoms with Crippen LogP contribution in [0.3, 0.4) is 0 Å². The Kier molecular flexibility index (Phi) is 5.65. The Morgan fingerprint density at radius 2 is 1.77 bits per heavy atom. The van der Waals surface area contributed by atoms with Crippen LogP contribution < -0.4 is 10.2 Å². The number of benzene rings is 1. The molecule has 2 aromatic heterocycles. The van der Waals surface area contributed by atoms with Gasteiger partial charge in [-0.2, -0.15) is 0 Å². The topological polar surface area (TPSA) is 78.4 Å². The van der Waals surface area contributed by atoms with Gasteiger partial charge in [0.25, 0.3) is 5.91 Å². The molecule has 0 atom stereocenters. The SMILES string of the molecule is O=C(NCc1ccncc1)c1ccnc(N2CCN(Cc3ccc(F)cc3)C2=O)c1. The lowest BCUT2D eigenvalue weighted by Gasteiger charge is -2.18. The van der Waals surface area contributed by atoms with Crippen molar-refractivity contribution in [3.63, 3.8) is 0 Å². The first-order chi connectivity index (χ1) is 14.6. The summed E-state index contributed by atoms with van der Waals surface area (Å²) >= 11 is 0. The third kappa shape index (κ3) is 4.43. The van der Waals surface area contributed by atoms with Gasteiger partial charge in [0.2, 0.25) is 0 Å². The first kappa shape index (κ1) is 19.5. The lowest BCUT2D eigenvalue weighted by atomic mass is 10.2. The molecule has 0 radical (unpaired) electrons. The zero-order valence-corrected chi connectivity index (χ0v) is 16.2. The fourth-order valence-corrected chi connectivity index (χ4v) is 3.24. The summed E-state index contributed by atoms with van der Waals surface area (Å²) in [5.41, 5.74) is 2.22. The highest BCUT2D eigenvalue weighted by Crippen LogP contribution is 2.21. The van der Waals surface area contributed by atoms with Crippen LogP contribution in [0.5, 0.6) is 0 Å². The first-order valence-corrected chi connectivity index (χ1v) is 9.54. The Morgan fingerprint density at radius 1 is 1.00 bits per heavy atom. The third-order valence-corrected chi connectivity index (χ3v) is 4.87. The number of carbonyl (C=O) groups is 2. The Morgan fingerprint density at radius 3 is 2.53 bits per heavy atom. The van der Waals surface area contributed by atoms with Gasteiger partial charge in [-0.25, -0.2) is 14.2 Å². The van der Waals surface area contributed by atoms with Crippen molar-refractivity contribution in [1.29, 1.82) is 0 Å². The van der Waals surface area contributed by atoms with Crippen LogP contribution >= 0.6 is 0 Å². The second kappa shape index (κ2) is 8.69. The van der Waals surface area contributed by atoms with Gasteiger partial charge in [0, 0.05) is 50.3 Å². The molecular formula is C22H20FN5O2. The number of nitrogens with one attached hydrogen (secondary N) is 1. The van der Waals surface area contributed by atoms with E-state index in [2.05, 4.69) is 15.3 Å². The van der Waals surface area contributed by atoms with Crippen molar-refractivity contribution < 1.29 is 14.0 Å². The van der Waals surface area contributed by atoms with E-state index in [1.165, 1.54) is 18.3 Å². The largest absolute Gasteiger partial charge is 0.348 e. The Hall–Kier alpha value is -3.81. The molecule has 0 bridgehead atoms. The summed E-state index contributed by atoms with van der Waals surface area (Å²) in [7, 11) is 0. The fraction of sp³-hybridized carbons (Fsp3) is 0.182. The van der Waals surface area contributed by atoms with Gasteiger partial charge in [-0.3, -0.25) is 14.7 Å². The van der Waals surface area contributed by atoms with Gasteiger partial charge in [0.15, 0.2) is 0 Å². The number of hydrogen-bond donors (Lipinski definition) is 1. The van der Waals surface area contributed by atoms with Gasteiger partial charge in [-0.05, 0) is 47.5 Å². The molecule has 0 aliphatic carbocycles. The maximum atomic E-state index is 13.1. The van der Waals surface area contributed by atoms with E-state index in [-0.39, 0.29) is 17.8 Å². The van der Waals surface area contributed by atoms with E-state index in [9.17, 15) is 14.0 Å². The maximum Gasteiger partial charge on any atom is 0.326 e. The number of urea groups is 1. The molecule has 3 aromatic rings. The van der Waals surface area contributed by atoms with Crippen LogP contribution in [0.15, 0.2) is 67.1 Å². The van der Waals surface area contributed by atoms with Crippen molar-refractivity contribution in [3.8, 4) is 0 Å². The van der Waals surface area contributed by atoms with Crippen LogP contribution in [0.4, 0.5) is 15.0 Å². The van der Waals surface area contributed by atoms with Gasteiger partial charge < -0.3 is 10.2 Å². The Bertz CT molecular complexity index is 1040. The minimum atomic E-state index is -0.309. The van der Waals surface area contributed by atoms with E-state index in [0.29, 0.717) is 37.6 Å². The summed E-state index contributed by atoms with van der Waals surface area (Å²) < 4.78 is 13.1. The predicted octanol–water partition coefficient (Wildman–Crippen LogP) is 2.99. The molecule has 3 heterocycles. The average Bonchev–Trinajstić information content (AvgIpc) is 3.14. The molecule has 0 spiro atoms. The quantitative estimate of drug-likeness (QED) is 0.684. The standard InChI is InChI=1S/C22H20FN5O2/c23-19-3-1-17(2-4-19)15-27-11-12-28(22(27)30)20-13-18(7-10-25-20)21(29)26-14-16-5-8-24-9-6-16/h1-10,13H,11-12,14-15H2,(H,26,29). The Labute approximate surface area is 173 Å². The molecule has 1 saturated heterocycles. The van der Waals surface area contributed by atoms with Crippen molar-refractivity contribution in [2.45, 2.75) is 13.1 Å². The zero-order valence-electron chi connectivity index (χ0n) is 16.2. The molecule has 3 amide bonds. The summed E-state index contributed by atoms with van der Waals surface area (Å²) in [6, 6.07) is 12.8. The smallest absolute Gasteiger partial charge is 0.326 e. The zero-order chi connectivity index (χ0) is 20.9. The summed E-state index contributed by atoms with van der Waals surface area (Å²) in [6.07, 6.45) is 4.86. The Balaban J connectivity index is 1.41. The van der Waals surface area contributed by atoms with E-state index >= 15 is 0 Å². The van der Waals surface area contributed by atoms with Gasteiger partial charge in [0.05, 0.1) is 0 Å². The minimum Gasteiger partial charge on any atom is -0.348 e. The molecule has 8 heteroatoms. The fourth-order valence-electron chi connectivity index (χ4n) is 3.24. The van der Waals surface area contributed by atoms with Gasteiger partial charge in [-0.1, -0.05) is 12.1 Å². The van der Waals surface area contributed by atoms with Crippen molar-refractivity contribution in [3.05, 3.63) is 89.6 Å². The number of amides is 3. The molecule has 7 nitrogen and oxygen atoms in total. The first-order valence-electron chi connectivity index (χ1n) is 9.54. The van der Waals surface area contributed by atoms with E-state index in [4.69, 9.17) is 0 Å². The normalized spacial score (nSPS) is 13.6. The lowest BCUT2D eigenvalue weighted by Crippen LogP contribution is -2.32. The molecule has 1 N–H and O–H groups in total. The highest BCUT2D eigenvalue weighted by atomic mass is 19.1. The van der Waals surface area contributed by atoms with Crippen LogP contribution in [0, 0.1) is 5.82 Å².